The SMILES string of the molecule is CCC(F)(CC)C(=O)/C=C(\O)C(F)(CC)CC.F[Te](F)(F)(F)(F)c1c2ccccc2cc2c(-c3[c-]c4ccccc4s3)ncnc12.[Ir]. The molecule has 5 rings (SSSR count). The number of hydrogen-bond donors (Lipinski definition) is 1. The fraction of sp³-hybridized carbons (Fsp3) is 0.303. The molecule has 0 unspecified atom stereocenters. The second-order valence-corrected chi connectivity index (χ2v) is 18.6. The summed E-state index contributed by atoms with van der Waals surface area (Å²) in [6, 6.07) is 17.1. The van der Waals surface area contributed by atoms with Crippen molar-refractivity contribution in [2.45, 2.75) is 64.7 Å². The predicted molar refractivity (Wildman–Crippen MR) is 172 cm³/mol. The van der Waals surface area contributed by atoms with Crippen LogP contribution in [-0.4, -0.2) is 50.5 Å². The molecule has 0 aliphatic heterocycles. The molecule has 0 bridgehead atoms. The summed E-state index contributed by atoms with van der Waals surface area (Å²) in [6.45, 7) is 6.24. The molecule has 0 amide bonds. The Balaban J connectivity index is 0.000000290. The second kappa shape index (κ2) is 13.4. The van der Waals surface area contributed by atoms with Crippen molar-refractivity contribution in [3.8, 4) is 10.6 Å². The van der Waals surface area contributed by atoms with Crippen LogP contribution in [0.5, 0.6) is 0 Å². The smallest absolute Gasteiger partial charge is 0 e. The number of allylic oxidation sites excluding steroid dienone is 2. The number of halogens is 7. The standard InChI is InChI=1S/C20H10F5N2STe.C13H22F2O2.Ir/c21-29(22,23,24,25)20-14-7-3-1-5-12(14)9-15-18(26-11-27-19(15)20)17-10-13-6-2-4-8-16(13)28-17;1-5-12(14,6-2)10(16)9-11(17)13(15,7-3)8-4;/h1-9,11H;9,16H,5-8H2,1-4H3;/q-1;;/b;10-9-;. The Kier molecular flexibility index (Phi) is 11.0. The Morgan fingerprint density at radius 1 is 0.872 bits per heavy atom. The van der Waals surface area contributed by atoms with Gasteiger partial charge in [-0.2, -0.15) is 0 Å². The minimum Gasteiger partial charge on any atom is 0 e. The van der Waals surface area contributed by atoms with E-state index in [2.05, 4.69) is 16.0 Å². The van der Waals surface area contributed by atoms with E-state index in [9.17, 15) is 33.1 Å². The van der Waals surface area contributed by atoms with Crippen LogP contribution >= 0.6 is 11.3 Å². The average Bonchev–Trinajstić information content (AvgIpc) is 3.45. The zero-order valence-electron chi connectivity index (χ0n) is 25.7. The van der Waals surface area contributed by atoms with Gasteiger partial charge in [-0.25, -0.2) is 8.78 Å². The van der Waals surface area contributed by atoms with Crippen molar-refractivity contribution in [1.29, 1.82) is 0 Å². The van der Waals surface area contributed by atoms with E-state index < -0.39 is 55.7 Å². The van der Waals surface area contributed by atoms with Gasteiger partial charge in [0.05, 0.1) is 0 Å². The first kappa shape index (κ1) is 38.8. The summed E-state index contributed by atoms with van der Waals surface area (Å²) in [4.78, 5) is 19.9. The summed E-state index contributed by atoms with van der Waals surface area (Å²) in [6.07, 6.45) is 1.75. The van der Waals surface area contributed by atoms with Crippen LogP contribution < -0.4 is 3.61 Å². The van der Waals surface area contributed by atoms with Crippen molar-refractivity contribution in [1.82, 2.24) is 9.97 Å². The molecule has 47 heavy (non-hydrogen) atoms. The Hall–Kier alpha value is -2.62. The van der Waals surface area contributed by atoms with Gasteiger partial charge in [0, 0.05) is 26.2 Å². The molecule has 1 radical (unpaired) electrons. The number of thiophene rings is 1. The number of aliphatic hydroxyl groups is 1. The van der Waals surface area contributed by atoms with Crippen LogP contribution in [0.3, 0.4) is 0 Å². The van der Waals surface area contributed by atoms with Gasteiger partial charge in [0.25, 0.3) is 0 Å². The molecule has 0 fully saturated rings. The molecule has 1 N–H and O–H groups in total. The number of aliphatic hydroxyl groups excluding tert-OH is 1. The largest absolute Gasteiger partial charge is 0 e. The van der Waals surface area contributed by atoms with E-state index in [0.29, 0.717) is 11.0 Å². The van der Waals surface area contributed by atoms with Gasteiger partial charge in [-0.05, 0) is 25.7 Å². The molecule has 0 aliphatic rings. The number of fused-ring (bicyclic) bond motifs is 3. The first-order valence-corrected chi connectivity index (χ1v) is 20.8. The van der Waals surface area contributed by atoms with Gasteiger partial charge in [0.1, 0.15) is 5.76 Å². The van der Waals surface area contributed by atoms with E-state index in [-0.39, 0.29) is 62.3 Å². The van der Waals surface area contributed by atoms with Crippen LogP contribution in [0.25, 0.3) is 42.3 Å². The van der Waals surface area contributed by atoms with Crippen molar-refractivity contribution in [2.24, 2.45) is 0 Å². The monoisotopic (exact) mass is 976 g/mol. The molecule has 2 heterocycles. The molecule has 0 aliphatic carbocycles. The third-order valence-corrected chi connectivity index (χ3v) is 12.4. The van der Waals surface area contributed by atoms with E-state index in [1.807, 2.05) is 24.3 Å². The summed E-state index contributed by atoms with van der Waals surface area (Å²) in [5.74, 6) is -1.53. The zero-order chi connectivity index (χ0) is 34.2. The molecule has 5 aromatic rings. The van der Waals surface area contributed by atoms with Crippen molar-refractivity contribution in [3.05, 3.63) is 78.8 Å². The van der Waals surface area contributed by atoms with E-state index in [0.717, 1.165) is 22.5 Å². The molecular formula is C33H32F7IrN2O2STe-. The molecule has 257 valence electrons. The molecule has 0 spiro atoms. The molecule has 14 heteroatoms. The number of benzene rings is 3. The minimum absolute atomic E-state index is 0. The van der Waals surface area contributed by atoms with Gasteiger partial charge in [0.2, 0.25) is 0 Å². The van der Waals surface area contributed by atoms with E-state index in [1.54, 1.807) is 27.7 Å². The van der Waals surface area contributed by atoms with Crippen molar-refractivity contribution in [2.75, 3.05) is 0 Å². The maximum absolute atomic E-state index is 14.1. The number of ketones is 1. The summed E-state index contributed by atoms with van der Waals surface area (Å²) in [5, 5.41) is 9.81. The fourth-order valence-electron chi connectivity index (χ4n) is 5.02. The van der Waals surface area contributed by atoms with Gasteiger partial charge in [-0.15, -0.1) is 0 Å². The number of alkyl halides is 2. The van der Waals surface area contributed by atoms with Crippen LogP contribution in [-0.2, 0) is 24.9 Å². The van der Waals surface area contributed by atoms with Crippen molar-refractivity contribution >= 4 is 70.8 Å². The maximum atomic E-state index is 14.1. The van der Waals surface area contributed by atoms with Crippen LogP contribution in [0.4, 0.5) is 23.2 Å². The van der Waals surface area contributed by atoms with Crippen molar-refractivity contribution < 1.29 is 53.2 Å². The molecule has 0 atom stereocenters. The first-order chi connectivity index (χ1) is 21.3. The third-order valence-electron chi connectivity index (χ3n) is 7.96. The topological polar surface area (TPSA) is 63.1 Å². The zero-order valence-corrected chi connectivity index (χ0v) is 31.3. The molecule has 4 nitrogen and oxygen atoms in total. The first-order valence-electron chi connectivity index (χ1n) is 14.5. The minimum atomic E-state index is -11.0. The molecular weight excluding hydrogens is 941 g/mol. The molecule has 0 saturated heterocycles. The predicted octanol–water partition coefficient (Wildman–Crippen LogP) is 10.4. The van der Waals surface area contributed by atoms with Crippen LogP contribution in [0.2, 0.25) is 0 Å². The Morgan fingerprint density at radius 3 is 2.02 bits per heavy atom. The number of rotatable bonds is 9. The van der Waals surface area contributed by atoms with Gasteiger partial charge < -0.3 is 5.11 Å². The molecule has 0 saturated carbocycles. The van der Waals surface area contributed by atoms with Gasteiger partial charge in [-0.3, -0.25) is 4.79 Å². The summed E-state index contributed by atoms with van der Waals surface area (Å²) in [7, 11) is 0. The van der Waals surface area contributed by atoms with E-state index >= 15 is 0 Å². The summed E-state index contributed by atoms with van der Waals surface area (Å²) in [5.41, 5.74) is -4.56. The third kappa shape index (κ3) is 8.16. The van der Waals surface area contributed by atoms with Crippen LogP contribution in [0.1, 0.15) is 53.4 Å². The Morgan fingerprint density at radius 2 is 1.45 bits per heavy atom. The number of carbonyl (C=O) groups excluding carboxylic acids is 1. The van der Waals surface area contributed by atoms with Crippen LogP contribution in [0.15, 0.2) is 72.8 Å². The molecule has 3 aromatic carbocycles. The van der Waals surface area contributed by atoms with Crippen LogP contribution in [0, 0.1) is 6.07 Å². The Labute approximate surface area is 286 Å². The number of aromatic nitrogens is 2. The van der Waals surface area contributed by atoms with E-state index in [4.69, 9.17) is 0 Å². The number of hydrogen-bond acceptors (Lipinski definition) is 5. The van der Waals surface area contributed by atoms with Gasteiger partial charge >= 0.3 is 167 Å². The average molecular weight is 974 g/mol. The second-order valence-electron chi connectivity index (χ2n) is 10.8. The summed E-state index contributed by atoms with van der Waals surface area (Å²) >= 11 is -9.72. The number of nitrogens with zero attached hydrogens (tertiary/aromatic N) is 2. The fourth-order valence-corrected chi connectivity index (χ4v) is 9.25. The van der Waals surface area contributed by atoms with Gasteiger partial charge in [0.15, 0.2) is 17.1 Å². The number of carbonyl (C=O) groups is 1. The quantitative estimate of drug-likeness (QED) is 0.0399. The molecule has 2 aromatic heterocycles. The Bertz CT molecular complexity index is 1930. The summed E-state index contributed by atoms with van der Waals surface area (Å²) < 4.78 is 97.5. The van der Waals surface area contributed by atoms with Gasteiger partial charge in [-0.1, -0.05) is 27.7 Å². The normalized spacial score (nSPS) is 14.2. The van der Waals surface area contributed by atoms with Crippen molar-refractivity contribution in [3.63, 3.8) is 0 Å². The van der Waals surface area contributed by atoms with E-state index in [1.165, 1.54) is 35.6 Å². The maximum Gasteiger partial charge on any atom is 0 e.